The number of benzene rings is 6. The van der Waals surface area contributed by atoms with E-state index < -0.39 is 0 Å². The summed E-state index contributed by atoms with van der Waals surface area (Å²) in [5.74, 6) is 0. The van der Waals surface area contributed by atoms with Crippen LogP contribution in [0.4, 0.5) is 17.1 Å². The molecule has 42 heavy (non-hydrogen) atoms. The summed E-state index contributed by atoms with van der Waals surface area (Å²) >= 11 is 0. The van der Waals surface area contributed by atoms with Crippen molar-refractivity contribution in [3.8, 4) is 22.3 Å². The first kappa shape index (κ1) is 24.5. The molecule has 0 radical (unpaired) electrons. The van der Waals surface area contributed by atoms with E-state index in [0.29, 0.717) is 0 Å². The summed E-state index contributed by atoms with van der Waals surface area (Å²) in [6.07, 6.45) is 6.63. The van der Waals surface area contributed by atoms with Crippen LogP contribution in [0, 0.1) is 0 Å². The maximum absolute atomic E-state index is 6.34. The van der Waals surface area contributed by atoms with E-state index in [2.05, 4.69) is 157 Å². The van der Waals surface area contributed by atoms with E-state index in [-0.39, 0.29) is 0 Å². The van der Waals surface area contributed by atoms with Crippen molar-refractivity contribution in [3.05, 3.63) is 157 Å². The summed E-state index contributed by atoms with van der Waals surface area (Å²) in [5.41, 5.74) is 12.7. The Kier molecular flexibility index (Phi) is 5.97. The zero-order valence-electron chi connectivity index (χ0n) is 23.2. The Bertz CT molecular complexity index is 1970. The Balaban J connectivity index is 1.26. The SMILES string of the molecule is C1=Cc2cc3oc4ccc(N(c5ccc(-c6ccccc6)cc5)c5ccc(-c6ccccc6)cc5)cc4c3cc2CC1. The minimum atomic E-state index is 0.916. The van der Waals surface area contributed by atoms with Gasteiger partial charge < -0.3 is 9.32 Å². The molecule has 1 aliphatic rings. The van der Waals surface area contributed by atoms with Gasteiger partial charge in [0.2, 0.25) is 0 Å². The maximum atomic E-state index is 6.34. The van der Waals surface area contributed by atoms with Crippen LogP contribution >= 0.6 is 0 Å². The molecule has 200 valence electrons. The molecule has 1 aliphatic carbocycles. The largest absolute Gasteiger partial charge is 0.456 e. The number of furan rings is 1. The summed E-state index contributed by atoms with van der Waals surface area (Å²) in [6, 6.07) is 49.9. The number of rotatable bonds is 5. The Hall–Kier alpha value is -5.34. The minimum Gasteiger partial charge on any atom is -0.456 e. The molecule has 0 N–H and O–H groups in total. The molecule has 0 fully saturated rings. The van der Waals surface area contributed by atoms with Crippen molar-refractivity contribution < 1.29 is 4.42 Å². The predicted octanol–water partition coefficient (Wildman–Crippen LogP) is 11.3. The van der Waals surface area contributed by atoms with Crippen molar-refractivity contribution in [3.63, 3.8) is 0 Å². The number of nitrogens with zero attached hydrogens (tertiary/aromatic N) is 1. The first-order chi connectivity index (χ1) is 20.8. The highest BCUT2D eigenvalue weighted by molar-refractivity contribution is 6.07. The van der Waals surface area contributed by atoms with Gasteiger partial charge in [-0.25, -0.2) is 0 Å². The van der Waals surface area contributed by atoms with Gasteiger partial charge in [0.05, 0.1) is 0 Å². The van der Waals surface area contributed by atoms with Crippen molar-refractivity contribution in [2.24, 2.45) is 0 Å². The highest BCUT2D eigenvalue weighted by Gasteiger charge is 2.17. The van der Waals surface area contributed by atoms with E-state index in [9.17, 15) is 0 Å². The van der Waals surface area contributed by atoms with Crippen molar-refractivity contribution in [1.29, 1.82) is 0 Å². The van der Waals surface area contributed by atoms with Crippen molar-refractivity contribution in [2.45, 2.75) is 12.8 Å². The predicted molar refractivity (Wildman–Crippen MR) is 177 cm³/mol. The second kappa shape index (κ2) is 10.2. The Morgan fingerprint density at radius 1 is 0.476 bits per heavy atom. The van der Waals surface area contributed by atoms with Crippen LogP contribution in [0.2, 0.25) is 0 Å². The van der Waals surface area contributed by atoms with Crippen LogP contribution in [0.1, 0.15) is 17.5 Å². The van der Waals surface area contributed by atoms with Gasteiger partial charge in [-0.1, -0.05) is 97.1 Å². The highest BCUT2D eigenvalue weighted by Crippen LogP contribution is 2.40. The fraction of sp³-hybridized carbons (Fsp3) is 0.0500. The number of hydrogen-bond acceptors (Lipinski definition) is 2. The van der Waals surface area contributed by atoms with E-state index in [1.807, 2.05) is 0 Å². The average molecular weight is 540 g/mol. The van der Waals surface area contributed by atoms with Crippen LogP contribution in [0.3, 0.4) is 0 Å². The maximum Gasteiger partial charge on any atom is 0.136 e. The van der Waals surface area contributed by atoms with Crippen LogP contribution < -0.4 is 4.90 Å². The molecule has 8 rings (SSSR count). The van der Waals surface area contributed by atoms with Crippen LogP contribution in [-0.2, 0) is 6.42 Å². The van der Waals surface area contributed by atoms with Gasteiger partial charge in [-0.15, -0.1) is 0 Å². The van der Waals surface area contributed by atoms with E-state index in [1.54, 1.807) is 0 Å². The lowest BCUT2D eigenvalue weighted by molar-refractivity contribution is 0.668. The number of allylic oxidation sites excluding steroid dienone is 1. The molecule has 0 bridgehead atoms. The minimum absolute atomic E-state index is 0.916. The van der Waals surface area contributed by atoms with Crippen molar-refractivity contribution >= 4 is 45.1 Å². The highest BCUT2D eigenvalue weighted by atomic mass is 16.3. The second-order valence-electron chi connectivity index (χ2n) is 10.9. The third-order valence-corrected chi connectivity index (χ3v) is 8.32. The molecule has 0 saturated heterocycles. The first-order valence-electron chi connectivity index (χ1n) is 14.6. The summed E-state index contributed by atoms with van der Waals surface area (Å²) < 4.78 is 6.34. The fourth-order valence-electron chi connectivity index (χ4n) is 6.15. The van der Waals surface area contributed by atoms with E-state index in [0.717, 1.165) is 46.5 Å². The number of fused-ring (bicyclic) bond motifs is 4. The van der Waals surface area contributed by atoms with E-state index in [4.69, 9.17) is 4.42 Å². The quantitative estimate of drug-likeness (QED) is 0.216. The molecular weight excluding hydrogens is 510 g/mol. The second-order valence-corrected chi connectivity index (χ2v) is 10.9. The summed E-state index contributed by atoms with van der Waals surface area (Å²) in [7, 11) is 0. The normalized spacial score (nSPS) is 12.5. The number of hydrogen-bond donors (Lipinski definition) is 0. The van der Waals surface area contributed by atoms with Gasteiger partial charge in [-0.3, -0.25) is 0 Å². The molecule has 0 unspecified atom stereocenters. The Morgan fingerprint density at radius 2 is 1.02 bits per heavy atom. The molecule has 0 aliphatic heterocycles. The molecule has 0 atom stereocenters. The van der Waals surface area contributed by atoms with Crippen LogP contribution in [-0.4, -0.2) is 0 Å². The van der Waals surface area contributed by atoms with Gasteiger partial charge in [0.15, 0.2) is 0 Å². The van der Waals surface area contributed by atoms with Gasteiger partial charge in [0.25, 0.3) is 0 Å². The summed E-state index contributed by atoms with van der Waals surface area (Å²) in [6.45, 7) is 0. The fourth-order valence-corrected chi connectivity index (χ4v) is 6.15. The van der Waals surface area contributed by atoms with Crippen molar-refractivity contribution in [1.82, 2.24) is 0 Å². The van der Waals surface area contributed by atoms with Gasteiger partial charge in [-0.2, -0.15) is 0 Å². The van der Waals surface area contributed by atoms with Crippen LogP contribution in [0.15, 0.2) is 150 Å². The third-order valence-electron chi connectivity index (χ3n) is 8.32. The lowest BCUT2D eigenvalue weighted by Gasteiger charge is -2.26. The van der Waals surface area contributed by atoms with Gasteiger partial charge in [-0.05, 0) is 101 Å². The summed E-state index contributed by atoms with van der Waals surface area (Å²) in [4.78, 5) is 2.34. The monoisotopic (exact) mass is 539 g/mol. The molecule has 6 aromatic carbocycles. The molecule has 0 saturated carbocycles. The molecular formula is C40H29NO. The topological polar surface area (TPSA) is 16.4 Å². The van der Waals surface area contributed by atoms with Crippen LogP contribution in [0.5, 0.6) is 0 Å². The lowest BCUT2D eigenvalue weighted by atomic mass is 9.95. The smallest absolute Gasteiger partial charge is 0.136 e. The summed E-state index contributed by atoms with van der Waals surface area (Å²) in [5, 5.41) is 2.33. The van der Waals surface area contributed by atoms with E-state index in [1.165, 1.54) is 38.8 Å². The van der Waals surface area contributed by atoms with Gasteiger partial charge >= 0.3 is 0 Å². The molecule has 7 aromatic rings. The molecule has 2 heteroatoms. The lowest BCUT2D eigenvalue weighted by Crippen LogP contribution is -2.09. The van der Waals surface area contributed by atoms with E-state index >= 15 is 0 Å². The zero-order valence-corrected chi connectivity index (χ0v) is 23.2. The number of aryl methyl sites for hydroxylation is 1. The molecule has 2 nitrogen and oxygen atoms in total. The Morgan fingerprint density at radius 3 is 1.64 bits per heavy atom. The van der Waals surface area contributed by atoms with Gasteiger partial charge in [0.1, 0.15) is 11.2 Å². The number of anilines is 3. The molecule has 1 aromatic heterocycles. The Labute approximate surface area is 245 Å². The van der Waals surface area contributed by atoms with Crippen molar-refractivity contribution in [2.75, 3.05) is 4.90 Å². The average Bonchev–Trinajstić information content (AvgIpc) is 3.42. The van der Waals surface area contributed by atoms with Gasteiger partial charge in [0, 0.05) is 27.8 Å². The third kappa shape index (κ3) is 4.38. The van der Waals surface area contributed by atoms with Crippen LogP contribution in [0.25, 0.3) is 50.3 Å². The molecule has 0 spiro atoms. The first-order valence-corrected chi connectivity index (χ1v) is 14.6. The molecule has 0 amide bonds. The standard InChI is InChI=1S/C40H29NO/c1-3-9-28(10-4-1)30-15-19-34(20-16-30)41(35-21-17-31(18-22-35)29-11-5-2-6-12-29)36-23-24-39-38(27-36)37-25-32-13-7-8-14-33(32)26-40(37)42-39/h1-6,8-12,14-27H,7,13H2. The zero-order chi connectivity index (χ0) is 27.9. The molecule has 1 heterocycles.